The van der Waals surface area contributed by atoms with Crippen molar-refractivity contribution in [1.82, 2.24) is 4.72 Å². The molecule has 1 N–H and O–H groups in total. The molecule has 0 radical (unpaired) electrons. The summed E-state index contributed by atoms with van der Waals surface area (Å²) in [7, 11) is -3.95. The quantitative estimate of drug-likeness (QED) is 0.717. The molecule has 0 fully saturated rings. The fourth-order valence-electron chi connectivity index (χ4n) is 1.52. The van der Waals surface area contributed by atoms with E-state index in [-0.39, 0.29) is 15.5 Å². The van der Waals surface area contributed by atoms with Crippen LogP contribution in [0.1, 0.15) is 10.4 Å². The van der Waals surface area contributed by atoms with E-state index in [2.05, 4.69) is 22.6 Å². The maximum atomic E-state index is 12.1. The average molecular weight is 456 g/mol. The molecule has 0 bridgehead atoms. The van der Waals surface area contributed by atoms with Crippen molar-refractivity contribution in [2.45, 2.75) is 4.90 Å². The molecule has 0 heterocycles. The second-order valence-corrected chi connectivity index (χ2v) is 7.78. The van der Waals surface area contributed by atoms with E-state index >= 15 is 0 Å². The summed E-state index contributed by atoms with van der Waals surface area (Å²) in [5.41, 5.74) is 0.0372. The van der Waals surface area contributed by atoms with E-state index in [1.165, 1.54) is 30.3 Å². The van der Waals surface area contributed by atoms with Crippen molar-refractivity contribution in [2.75, 3.05) is 0 Å². The number of carbonyl (C=O) groups excluding carboxylic acids is 1. The Bertz CT molecular complexity index is 792. The molecule has 4 nitrogen and oxygen atoms in total. The van der Waals surface area contributed by atoms with Crippen LogP contribution in [0.4, 0.5) is 0 Å². The predicted molar refractivity (Wildman–Crippen MR) is 90.3 cm³/mol. The summed E-state index contributed by atoms with van der Waals surface area (Å²) in [4.78, 5) is 12.0. The molecule has 2 aromatic rings. The first-order chi connectivity index (χ1) is 9.79. The first-order valence-electron chi connectivity index (χ1n) is 5.57. The smallest absolute Gasteiger partial charge is 0.266 e. The van der Waals surface area contributed by atoms with Gasteiger partial charge in [0.05, 0.1) is 15.5 Å². The van der Waals surface area contributed by atoms with Crippen molar-refractivity contribution in [3.05, 3.63) is 61.6 Å². The van der Waals surface area contributed by atoms with Crippen molar-refractivity contribution >= 4 is 61.7 Å². The van der Waals surface area contributed by atoms with Crippen LogP contribution in [-0.4, -0.2) is 14.3 Å². The Morgan fingerprint density at radius 3 is 2.24 bits per heavy atom. The van der Waals surface area contributed by atoms with Crippen LogP contribution in [0, 0.1) is 3.57 Å². The highest BCUT2D eigenvalue weighted by atomic mass is 127. The number of hydrogen-bond acceptors (Lipinski definition) is 3. The molecule has 110 valence electrons. The van der Waals surface area contributed by atoms with Crippen LogP contribution in [0.2, 0.25) is 10.0 Å². The molecule has 0 aliphatic carbocycles. The third-order valence-electron chi connectivity index (χ3n) is 2.53. The van der Waals surface area contributed by atoms with Gasteiger partial charge in [0, 0.05) is 8.59 Å². The number of sulfonamides is 1. The highest BCUT2D eigenvalue weighted by Gasteiger charge is 2.20. The summed E-state index contributed by atoms with van der Waals surface area (Å²) < 4.78 is 27.1. The lowest BCUT2D eigenvalue weighted by Crippen LogP contribution is -2.30. The molecule has 0 unspecified atom stereocenters. The second kappa shape index (κ2) is 6.51. The zero-order chi connectivity index (χ0) is 15.6. The van der Waals surface area contributed by atoms with Crippen LogP contribution in [-0.2, 0) is 10.0 Å². The largest absolute Gasteiger partial charge is 0.268 e. The van der Waals surface area contributed by atoms with Gasteiger partial charge in [0.15, 0.2) is 0 Å². The van der Waals surface area contributed by atoms with Crippen LogP contribution >= 0.6 is 45.8 Å². The first-order valence-corrected chi connectivity index (χ1v) is 8.89. The number of hydrogen-bond donors (Lipinski definition) is 1. The van der Waals surface area contributed by atoms with Gasteiger partial charge in [-0.25, -0.2) is 13.1 Å². The van der Waals surface area contributed by atoms with E-state index in [9.17, 15) is 13.2 Å². The standard InChI is InChI=1S/C13H8Cl2INO3S/c14-8-1-6-11(12(15)7-8)13(18)17-21(19,20)10-4-2-9(16)3-5-10/h1-7H,(H,17,18). The van der Waals surface area contributed by atoms with Gasteiger partial charge in [-0.3, -0.25) is 4.79 Å². The van der Waals surface area contributed by atoms with Gasteiger partial charge in [-0.05, 0) is 65.1 Å². The summed E-state index contributed by atoms with van der Waals surface area (Å²) in [5, 5.41) is 0.440. The SMILES string of the molecule is O=C(NS(=O)(=O)c1ccc(I)cc1)c1ccc(Cl)cc1Cl. The first kappa shape index (κ1) is 16.5. The fraction of sp³-hybridized carbons (Fsp3) is 0. The van der Waals surface area contributed by atoms with E-state index in [0.717, 1.165) is 3.57 Å². The molecule has 1 amide bonds. The van der Waals surface area contributed by atoms with Gasteiger partial charge in [0.2, 0.25) is 0 Å². The zero-order valence-corrected chi connectivity index (χ0v) is 14.8. The molecule has 21 heavy (non-hydrogen) atoms. The zero-order valence-electron chi connectivity index (χ0n) is 10.3. The van der Waals surface area contributed by atoms with Crippen molar-refractivity contribution < 1.29 is 13.2 Å². The molecule has 2 rings (SSSR count). The topological polar surface area (TPSA) is 63.2 Å². The van der Waals surface area contributed by atoms with Crippen molar-refractivity contribution in [3.8, 4) is 0 Å². The number of amides is 1. The van der Waals surface area contributed by atoms with E-state index in [1.54, 1.807) is 12.1 Å². The molecule has 0 aliphatic heterocycles. The number of benzene rings is 2. The maximum Gasteiger partial charge on any atom is 0.266 e. The van der Waals surface area contributed by atoms with Gasteiger partial charge >= 0.3 is 0 Å². The van der Waals surface area contributed by atoms with Gasteiger partial charge in [-0.1, -0.05) is 23.2 Å². The molecule has 0 saturated heterocycles. The van der Waals surface area contributed by atoms with Crippen molar-refractivity contribution in [1.29, 1.82) is 0 Å². The maximum absolute atomic E-state index is 12.1. The van der Waals surface area contributed by atoms with E-state index in [1.807, 2.05) is 4.72 Å². The minimum absolute atomic E-state index is 0.00125. The van der Waals surface area contributed by atoms with Crippen molar-refractivity contribution in [3.63, 3.8) is 0 Å². The lowest BCUT2D eigenvalue weighted by Gasteiger charge is -2.08. The summed E-state index contributed by atoms with van der Waals surface area (Å²) >= 11 is 13.7. The van der Waals surface area contributed by atoms with E-state index < -0.39 is 15.9 Å². The van der Waals surface area contributed by atoms with Gasteiger partial charge < -0.3 is 0 Å². The summed E-state index contributed by atoms with van der Waals surface area (Å²) in [6.45, 7) is 0. The number of halogens is 3. The Morgan fingerprint density at radius 1 is 1.05 bits per heavy atom. The van der Waals surface area contributed by atoms with Gasteiger partial charge in [0.1, 0.15) is 0 Å². The van der Waals surface area contributed by atoms with Crippen LogP contribution in [0.25, 0.3) is 0 Å². The van der Waals surface area contributed by atoms with E-state index in [0.29, 0.717) is 5.02 Å². The summed E-state index contributed by atoms with van der Waals surface area (Å²) in [5.74, 6) is -0.810. The Balaban J connectivity index is 2.28. The monoisotopic (exact) mass is 455 g/mol. The summed E-state index contributed by atoms with van der Waals surface area (Å²) in [6.07, 6.45) is 0. The normalized spacial score (nSPS) is 11.2. The third kappa shape index (κ3) is 4.09. The van der Waals surface area contributed by atoms with Crippen LogP contribution < -0.4 is 4.72 Å². The molecular weight excluding hydrogens is 448 g/mol. The molecule has 0 spiro atoms. The number of nitrogens with one attached hydrogen (secondary N) is 1. The predicted octanol–water partition coefficient (Wildman–Crippen LogP) is 3.72. The lowest BCUT2D eigenvalue weighted by molar-refractivity contribution is 0.0981. The molecular formula is C13H8Cl2INO3S. The minimum Gasteiger partial charge on any atom is -0.268 e. The van der Waals surface area contributed by atoms with Gasteiger partial charge in [-0.15, -0.1) is 0 Å². The highest BCUT2D eigenvalue weighted by Crippen LogP contribution is 2.21. The molecule has 0 aromatic heterocycles. The molecule has 0 aliphatic rings. The Labute approximate surface area is 145 Å². The summed E-state index contributed by atoms with van der Waals surface area (Å²) in [6, 6.07) is 10.3. The Morgan fingerprint density at radius 2 is 1.67 bits per heavy atom. The van der Waals surface area contributed by atoms with Crippen molar-refractivity contribution in [2.24, 2.45) is 0 Å². The highest BCUT2D eigenvalue weighted by molar-refractivity contribution is 14.1. The fourth-order valence-corrected chi connectivity index (χ4v) is 3.34. The number of carbonyl (C=O) groups is 1. The van der Waals surface area contributed by atoms with Crippen LogP contribution in [0.5, 0.6) is 0 Å². The third-order valence-corrected chi connectivity index (χ3v) is 5.14. The molecule has 0 saturated carbocycles. The average Bonchev–Trinajstić information content (AvgIpc) is 2.38. The lowest BCUT2D eigenvalue weighted by atomic mass is 10.2. The number of rotatable bonds is 3. The van der Waals surface area contributed by atoms with Gasteiger partial charge in [-0.2, -0.15) is 0 Å². The van der Waals surface area contributed by atoms with Crippen LogP contribution in [0.3, 0.4) is 0 Å². The van der Waals surface area contributed by atoms with Gasteiger partial charge in [0.25, 0.3) is 15.9 Å². The Hall–Kier alpha value is -0.830. The second-order valence-electron chi connectivity index (χ2n) is 4.01. The molecule has 2 aromatic carbocycles. The Kier molecular flexibility index (Phi) is 5.13. The minimum atomic E-state index is -3.95. The van der Waals surface area contributed by atoms with Crippen LogP contribution in [0.15, 0.2) is 47.4 Å². The van der Waals surface area contributed by atoms with E-state index in [4.69, 9.17) is 23.2 Å². The molecule has 0 atom stereocenters. The molecule has 8 heteroatoms.